The molecule has 4 rings (SSSR count). The number of nitriles is 1. The van der Waals surface area contributed by atoms with Crippen molar-refractivity contribution in [2.24, 2.45) is 0 Å². The first-order valence-corrected chi connectivity index (χ1v) is 10.5. The van der Waals surface area contributed by atoms with E-state index in [4.69, 9.17) is 4.98 Å². The number of rotatable bonds is 2. The quantitative estimate of drug-likeness (QED) is 0.586. The first kappa shape index (κ1) is 19.3. The summed E-state index contributed by atoms with van der Waals surface area (Å²) in [5.74, 6) is 0.699. The summed E-state index contributed by atoms with van der Waals surface area (Å²) in [7, 11) is 0. The highest BCUT2D eigenvalue weighted by molar-refractivity contribution is 7.99. The Morgan fingerprint density at radius 3 is 2.38 bits per heavy atom. The maximum absolute atomic E-state index is 13.1. The van der Waals surface area contributed by atoms with Crippen molar-refractivity contribution < 1.29 is 0 Å². The maximum atomic E-state index is 13.1. The molecule has 0 atom stereocenters. The standard InChI is InChI=1S/C23H22N4OS/c1-23(2,3)17-11-9-16(10-12-17)20-19(13-24)21(28)27-14-26(15-29-22(27)25-20)18-7-5-4-6-8-18/h4-12H,14-15H2,1-3H3. The molecule has 2 aromatic carbocycles. The molecule has 146 valence electrons. The summed E-state index contributed by atoms with van der Waals surface area (Å²) in [6, 6.07) is 20.0. The molecule has 0 amide bonds. The zero-order valence-electron chi connectivity index (χ0n) is 16.7. The van der Waals surface area contributed by atoms with Crippen LogP contribution in [0.5, 0.6) is 0 Å². The number of aromatic nitrogens is 2. The average Bonchev–Trinajstić information content (AvgIpc) is 2.73. The Morgan fingerprint density at radius 2 is 1.76 bits per heavy atom. The predicted octanol–water partition coefficient (Wildman–Crippen LogP) is 4.61. The molecule has 0 bridgehead atoms. The van der Waals surface area contributed by atoms with E-state index in [9.17, 15) is 10.1 Å². The van der Waals surface area contributed by atoms with E-state index in [1.54, 1.807) is 4.57 Å². The lowest BCUT2D eigenvalue weighted by Crippen LogP contribution is -2.38. The van der Waals surface area contributed by atoms with Gasteiger partial charge in [-0.2, -0.15) is 5.26 Å². The van der Waals surface area contributed by atoms with Crippen LogP contribution in [0.4, 0.5) is 5.69 Å². The van der Waals surface area contributed by atoms with Gasteiger partial charge in [0.15, 0.2) is 5.16 Å². The Bertz CT molecular complexity index is 1140. The van der Waals surface area contributed by atoms with Crippen molar-refractivity contribution in [1.82, 2.24) is 9.55 Å². The molecule has 3 aromatic rings. The van der Waals surface area contributed by atoms with Gasteiger partial charge in [0.05, 0.1) is 11.6 Å². The Hall–Kier alpha value is -3.04. The molecule has 6 heteroatoms. The van der Waals surface area contributed by atoms with Gasteiger partial charge < -0.3 is 4.90 Å². The van der Waals surface area contributed by atoms with Gasteiger partial charge in [-0.15, -0.1) is 0 Å². The fourth-order valence-corrected chi connectivity index (χ4v) is 4.30. The van der Waals surface area contributed by atoms with Crippen molar-refractivity contribution in [2.75, 3.05) is 10.8 Å². The average molecular weight is 403 g/mol. The van der Waals surface area contributed by atoms with Crippen LogP contribution in [-0.2, 0) is 12.1 Å². The summed E-state index contributed by atoms with van der Waals surface area (Å²) in [6.07, 6.45) is 0. The third-order valence-corrected chi connectivity index (χ3v) is 6.06. The summed E-state index contributed by atoms with van der Waals surface area (Å²) < 4.78 is 1.59. The van der Waals surface area contributed by atoms with Crippen molar-refractivity contribution in [2.45, 2.75) is 38.0 Å². The number of para-hydroxylation sites is 1. The van der Waals surface area contributed by atoms with Crippen molar-refractivity contribution in [3.05, 3.63) is 76.1 Å². The summed E-state index contributed by atoms with van der Waals surface area (Å²) in [5.41, 5.74) is 3.33. The molecule has 0 spiro atoms. The zero-order chi connectivity index (χ0) is 20.6. The first-order valence-electron chi connectivity index (χ1n) is 9.47. The second-order valence-corrected chi connectivity index (χ2v) is 8.99. The minimum Gasteiger partial charge on any atom is -0.343 e. The fourth-order valence-electron chi connectivity index (χ4n) is 3.35. The van der Waals surface area contributed by atoms with Gasteiger partial charge in [-0.25, -0.2) is 4.98 Å². The van der Waals surface area contributed by atoms with Gasteiger partial charge in [0.1, 0.15) is 18.3 Å². The SMILES string of the molecule is CC(C)(C)c1ccc(-c2nc3n(c(=O)c2C#N)CN(c2ccccc2)CS3)cc1. The van der Waals surface area contributed by atoms with Gasteiger partial charge in [-0.05, 0) is 23.1 Å². The summed E-state index contributed by atoms with van der Waals surface area (Å²) in [5, 5.41) is 10.4. The van der Waals surface area contributed by atoms with E-state index in [0.717, 1.165) is 11.3 Å². The van der Waals surface area contributed by atoms with Crippen molar-refractivity contribution in [3.63, 3.8) is 0 Å². The largest absolute Gasteiger partial charge is 0.343 e. The summed E-state index contributed by atoms with van der Waals surface area (Å²) >= 11 is 1.51. The van der Waals surface area contributed by atoms with Crippen molar-refractivity contribution in [1.29, 1.82) is 5.26 Å². The third kappa shape index (κ3) is 3.66. The smallest absolute Gasteiger partial charge is 0.274 e. The molecule has 1 aliphatic rings. The van der Waals surface area contributed by atoms with Crippen molar-refractivity contribution in [3.8, 4) is 17.3 Å². The zero-order valence-corrected chi connectivity index (χ0v) is 17.5. The van der Waals surface area contributed by atoms with Crippen LogP contribution in [0.15, 0.2) is 64.5 Å². The van der Waals surface area contributed by atoms with E-state index in [1.165, 1.54) is 17.3 Å². The molecule has 0 unspecified atom stereocenters. The molecule has 29 heavy (non-hydrogen) atoms. The van der Waals surface area contributed by atoms with E-state index in [1.807, 2.05) is 54.6 Å². The van der Waals surface area contributed by atoms with Gasteiger partial charge in [0.2, 0.25) is 0 Å². The normalized spacial score (nSPS) is 13.7. The lowest BCUT2D eigenvalue weighted by molar-refractivity contribution is 0.560. The van der Waals surface area contributed by atoms with E-state index < -0.39 is 0 Å². The molecule has 0 fully saturated rings. The molecular formula is C23H22N4OS. The predicted molar refractivity (Wildman–Crippen MR) is 117 cm³/mol. The fraction of sp³-hybridized carbons (Fsp3) is 0.261. The molecule has 0 N–H and O–H groups in total. The highest BCUT2D eigenvalue weighted by Gasteiger charge is 2.24. The van der Waals surface area contributed by atoms with Gasteiger partial charge >= 0.3 is 0 Å². The number of nitrogens with zero attached hydrogens (tertiary/aromatic N) is 4. The van der Waals surface area contributed by atoms with Gasteiger partial charge in [-0.3, -0.25) is 9.36 Å². The second kappa shape index (κ2) is 7.41. The lowest BCUT2D eigenvalue weighted by atomic mass is 9.86. The molecular weight excluding hydrogens is 380 g/mol. The van der Waals surface area contributed by atoms with Gasteiger partial charge in [0.25, 0.3) is 5.56 Å². The van der Waals surface area contributed by atoms with Crippen LogP contribution in [0, 0.1) is 11.3 Å². The maximum Gasteiger partial charge on any atom is 0.274 e. The van der Waals surface area contributed by atoms with Crippen LogP contribution in [0.2, 0.25) is 0 Å². The number of anilines is 1. The number of hydrogen-bond donors (Lipinski definition) is 0. The van der Waals surface area contributed by atoms with E-state index >= 15 is 0 Å². The Kier molecular flexibility index (Phi) is 4.93. The molecule has 0 radical (unpaired) electrons. The number of benzene rings is 2. The monoisotopic (exact) mass is 402 g/mol. The minimum absolute atomic E-state index is 0.0379. The molecule has 0 saturated heterocycles. The summed E-state index contributed by atoms with van der Waals surface area (Å²) in [6.45, 7) is 6.85. The van der Waals surface area contributed by atoms with E-state index in [-0.39, 0.29) is 16.5 Å². The van der Waals surface area contributed by atoms with Crippen LogP contribution in [0.1, 0.15) is 31.9 Å². The first-order chi connectivity index (χ1) is 13.9. The highest BCUT2D eigenvalue weighted by atomic mass is 32.2. The number of thioether (sulfide) groups is 1. The van der Waals surface area contributed by atoms with Crippen LogP contribution >= 0.6 is 11.8 Å². The van der Waals surface area contributed by atoms with Crippen molar-refractivity contribution >= 4 is 17.4 Å². The summed E-state index contributed by atoms with van der Waals surface area (Å²) in [4.78, 5) is 19.9. The lowest BCUT2D eigenvalue weighted by Gasteiger charge is -2.30. The molecule has 0 aliphatic carbocycles. The molecule has 1 aromatic heterocycles. The van der Waals surface area contributed by atoms with Crippen LogP contribution in [0.3, 0.4) is 0 Å². The van der Waals surface area contributed by atoms with Crippen LogP contribution in [0.25, 0.3) is 11.3 Å². The molecule has 1 aliphatic heterocycles. The van der Waals surface area contributed by atoms with Crippen LogP contribution < -0.4 is 10.5 Å². The molecule has 2 heterocycles. The number of hydrogen-bond acceptors (Lipinski definition) is 5. The third-order valence-electron chi connectivity index (χ3n) is 5.05. The highest BCUT2D eigenvalue weighted by Crippen LogP contribution is 2.30. The van der Waals surface area contributed by atoms with Gasteiger partial charge in [-0.1, -0.05) is 75.0 Å². The Morgan fingerprint density at radius 1 is 1.07 bits per heavy atom. The second-order valence-electron chi connectivity index (χ2n) is 8.08. The topological polar surface area (TPSA) is 61.9 Å². The van der Waals surface area contributed by atoms with Crippen LogP contribution in [-0.4, -0.2) is 15.4 Å². The Balaban J connectivity index is 1.75. The van der Waals surface area contributed by atoms with E-state index in [0.29, 0.717) is 23.4 Å². The number of fused-ring (bicyclic) bond motifs is 1. The molecule has 0 saturated carbocycles. The molecule has 5 nitrogen and oxygen atoms in total. The minimum atomic E-state index is -0.291. The Labute approximate surface area is 174 Å². The van der Waals surface area contributed by atoms with E-state index in [2.05, 4.69) is 31.7 Å². The van der Waals surface area contributed by atoms with Gasteiger partial charge in [0, 0.05) is 11.3 Å².